The van der Waals surface area contributed by atoms with E-state index in [0.29, 0.717) is 11.1 Å². The van der Waals surface area contributed by atoms with Crippen LogP contribution in [0.15, 0.2) is 18.2 Å². The molecular weight excluding hydrogens is 186 g/mol. The number of hydrogen-bond acceptors (Lipinski definition) is 2. The van der Waals surface area contributed by atoms with Gasteiger partial charge in [-0.2, -0.15) is 0 Å². The molecule has 0 atom stereocenters. The normalized spacial score (nSPS) is 10.5. The molecule has 1 aromatic carbocycles. The van der Waals surface area contributed by atoms with Gasteiger partial charge in [0.2, 0.25) is 0 Å². The van der Waals surface area contributed by atoms with Gasteiger partial charge in [0.15, 0.2) is 0 Å². The summed E-state index contributed by atoms with van der Waals surface area (Å²) >= 11 is 5.95. The van der Waals surface area contributed by atoms with Crippen molar-refractivity contribution in [2.75, 3.05) is 5.32 Å². The molecule has 0 spiro atoms. The first-order chi connectivity index (χ1) is 6.13. The molecule has 2 N–H and O–H groups in total. The van der Waals surface area contributed by atoms with E-state index in [1.54, 1.807) is 6.07 Å². The SMILES string of the molecule is CC(C)Nc1cc(CO)ccc1Cl. The summed E-state index contributed by atoms with van der Waals surface area (Å²) in [5, 5.41) is 12.8. The van der Waals surface area contributed by atoms with Gasteiger partial charge < -0.3 is 10.4 Å². The first-order valence-corrected chi connectivity index (χ1v) is 4.67. The zero-order chi connectivity index (χ0) is 9.84. The van der Waals surface area contributed by atoms with Gasteiger partial charge in [-0.3, -0.25) is 0 Å². The maximum atomic E-state index is 8.92. The summed E-state index contributed by atoms with van der Waals surface area (Å²) in [5.41, 5.74) is 1.75. The Labute approximate surface area is 83.5 Å². The quantitative estimate of drug-likeness (QED) is 0.785. The number of rotatable bonds is 3. The monoisotopic (exact) mass is 199 g/mol. The van der Waals surface area contributed by atoms with Crippen molar-refractivity contribution in [1.82, 2.24) is 0 Å². The van der Waals surface area contributed by atoms with Gasteiger partial charge in [0.05, 0.1) is 17.3 Å². The summed E-state index contributed by atoms with van der Waals surface area (Å²) in [6.07, 6.45) is 0. The Hall–Kier alpha value is -0.730. The highest BCUT2D eigenvalue weighted by Crippen LogP contribution is 2.23. The Morgan fingerprint density at radius 2 is 2.15 bits per heavy atom. The number of aliphatic hydroxyl groups is 1. The summed E-state index contributed by atoms with van der Waals surface area (Å²) in [6, 6.07) is 5.81. The molecule has 1 aromatic rings. The van der Waals surface area contributed by atoms with Crippen molar-refractivity contribution in [3.63, 3.8) is 0 Å². The van der Waals surface area contributed by atoms with Crippen LogP contribution in [0.4, 0.5) is 5.69 Å². The van der Waals surface area contributed by atoms with E-state index in [1.807, 2.05) is 26.0 Å². The lowest BCUT2D eigenvalue weighted by Crippen LogP contribution is -2.10. The van der Waals surface area contributed by atoms with Gasteiger partial charge in [0.25, 0.3) is 0 Å². The van der Waals surface area contributed by atoms with E-state index in [2.05, 4.69) is 5.32 Å². The summed E-state index contributed by atoms with van der Waals surface area (Å²) in [6.45, 7) is 4.13. The number of aliphatic hydroxyl groups excluding tert-OH is 1. The second kappa shape index (κ2) is 4.49. The molecule has 0 saturated carbocycles. The summed E-state index contributed by atoms with van der Waals surface area (Å²) in [4.78, 5) is 0. The minimum atomic E-state index is 0.0456. The number of anilines is 1. The zero-order valence-electron chi connectivity index (χ0n) is 7.84. The van der Waals surface area contributed by atoms with E-state index in [1.165, 1.54) is 0 Å². The Kier molecular flexibility index (Phi) is 3.58. The maximum Gasteiger partial charge on any atom is 0.0682 e. The van der Waals surface area contributed by atoms with Gasteiger partial charge in [-0.1, -0.05) is 17.7 Å². The third kappa shape index (κ3) is 2.90. The largest absolute Gasteiger partial charge is 0.392 e. The Bertz CT molecular complexity index is 286. The van der Waals surface area contributed by atoms with E-state index >= 15 is 0 Å². The summed E-state index contributed by atoms with van der Waals surface area (Å²) in [7, 11) is 0. The van der Waals surface area contributed by atoms with Crippen molar-refractivity contribution in [3.8, 4) is 0 Å². The van der Waals surface area contributed by atoms with Crippen molar-refractivity contribution < 1.29 is 5.11 Å². The van der Waals surface area contributed by atoms with Gasteiger partial charge in [-0.15, -0.1) is 0 Å². The van der Waals surface area contributed by atoms with E-state index in [4.69, 9.17) is 16.7 Å². The van der Waals surface area contributed by atoms with E-state index < -0.39 is 0 Å². The van der Waals surface area contributed by atoms with Crippen LogP contribution in [-0.2, 0) is 6.61 Å². The van der Waals surface area contributed by atoms with E-state index in [-0.39, 0.29) is 6.61 Å². The summed E-state index contributed by atoms with van der Waals surface area (Å²) in [5.74, 6) is 0. The lowest BCUT2D eigenvalue weighted by Gasteiger charge is -2.12. The fraction of sp³-hybridized carbons (Fsp3) is 0.400. The van der Waals surface area contributed by atoms with Crippen molar-refractivity contribution >= 4 is 17.3 Å². The molecule has 1 rings (SSSR count). The molecule has 13 heavy (non-hydrogen) atoms. The molecule has 3 heteroatoms. The lowest BCUT2D eigenvalue weighted by molar-refractivity contribution is 0.282. The van der Waals surface area contributed by atoms with Gasteiger partial charge in [0, 0.05) is 6.04 Å². The van der Waals surface area contributed by atoms with Gasteiger partial charge >= 0.3 is 0 Å². The number of benzene rings is 1. The van der Waals surface area contributed by atoms with Gasteiger partial charge in [-0.25, -0.2) is 0 Å². The van der Waals surface area contributed by atoms with Crippen LogP contribution < -0.4 is 5.32 Å². The Morgan fingerprint density at radius 1 is 1.46 bits per heavy atom. The predicted molar refractivity (Wildman–Crippen MR) is 56.1 cm³/mol. The van der Waals surface area contributed by atoms with Crippen LogP contribution in [0.2, 0.25) is 5.02 Å². The van der Waals surface area contributed by atoms with E-state index in [9.17, 15) is 0 Å². The third-order valence-electron chi connectivity index (χ3n) is 1.66. The van der Waals surface area contributed by atoms with Gasteiger partial charge in [-0.05, 0) is 31.5 Å². The minimum absolute atomic E-state index is 0.0456. The first kappa shape index (κ1) is 10.4. The molecule has 0 radical (unpaired) electrons. The van der Waals surface area contributed by atoms with Crippen LogP contribution in [0.3, 0.4) is 0 Å². The molecule has 0 unspecified atom stereocenters. The highest BCUT2D eigenvalue weighted by atomic mass is 35.5. The number of hydrogen-bond donors (Lipinski definition) is 2. The predicted octanol–water partition coefficient (Wildman–Crippen LogP) is 2.65. The van der Waals surface area contributed by atoms with Crippen LogP contribution in [-0.4, -0.2) is 11.1 Å². The number of nitrogens with one attached hydrogen (secondary N) is 1. The van der Waals surface area contributed by atoms with Crippen molar-refractivity contribution in [2.24, 2.45) is 0 Å². The van der Waals surface area contributed by atoms with Crippen LogP contribution in [0.1, 0.15) is 19.4 Å². The molecular formula is C10H14ClNO. The molecule has 0 aliphatic rings. The standard InChI is InChI=1S/C10H14ClNO/c1-7(2)12-10-5-8(6-13)3-4-9(10)11/h3-5,7,12-13H,6H2,1-2H3. The molecule has 0 aromatic heterocycles. The smallest absolute Gasteiger partial charge is 0.0682 e. The second-order valence-electron chi connectivity index (χ2n) is 3.27. The fourth-order valence-electron chi connectivity index (χ4n) is 1.09. The first-order valence-electron chi connectivity index (χ1n) is 4.29. The second-order valence-corrected chi connectivity index (χ2v) is 3.68. The molecule has 0 heterocycles. The molecule has 0 bridgehead atoms. The molecule has 0 amide bonds. The van der Waals surface area contributed by atoms with Gasteiger partial charge in [0.1, 0.15) is 0 Å². The zero-order valence-corrected chi connectivity index (χ0v) is 8.60. The lowest BCUT2D eigenvalue weighted by atomic mass is 10.2. The summed E-state index contributed by atoms with van der Waals surface area (Å²) < 4.78 is 0. The highest BCUT2D eigenvalue weighted by molar-refractivity contribution is 6.33. The molecule has 0 aliphatic heterocycles. The van der Waals surface area contributed by atoms with Crippen LogP contribution in [0, 0.1) is 0 Å². The van der Waals surface area contributed by atoms with Crippen molar-refractivity contribution in [1.29, 1.82) is 0 Å². The van der Waals surface area contributed by atoms with E-state index in [0.717, 1.165) is 11.3 Å². The van der Waals surface area contributed by atoms with Crippen LogP contribution in [0.25, 0.3) is 0 Å². The molecule has 2 nitrogen and oxygen atoms in total. The third-order valence-corrected chi connectivity index (χ3v) is 1.99. The molecule has 0 saturated heterocycles. The maximum absolute atomic E-state index is 8.92. The van der Waals surface area contributed by atoms with Crippen LogP contribution >= 0.6 is 11.6 Å². The molecule has 72 valence electrons. The molecule has 0 fully saturated rings. The topological polar surface area (TPSA) is 32.3 Å². The minimum Gasteiger partial charge on any atom is -0.392 e. The highest BCUT2D eigenvalue weighted by Gasteiger charge is 2.02. The Morgan fingerprint density at radius 3 is 2.69 bits per heavy atom. The average molecular weight is 200 g/mol. The molecule has 0 aliphatic carbocycles. The fourth-order valence-corrected chi connectivity index (χ4v) is 1.26. The Balaban J connectivity index is 2.90. The van der Waals surface area contributed by atoms with Crippen molar-refractivity contribution in [3.05, 3.63) is 28.8 Å². The number of halogens is 1. The van der Waals surface area contributed by atoms with Crippen molar-refractivity contribution in [2.45, 2.75) is 26.5 Å². The average Bonchev–Trinajstić information content (AvgIpc) is 2.08. The van der Waals surface area contributed by atoms with Crippen LogP contribution in [0.5, 0.6) is 0 Å².